The summed E-state index contributed by atoms with van der Waals surface area (Å²) in [5.74, 6) is 0.945. The predicted molar refractivity (Wildman–Crippen MR) is 73.7 cm³/mol. The highest BCUT2D eigenvalue weighted by Gasteiger charge is 2.06. The van der Waals surface area contributed by atoms with E-state index < -0.39 is 0 Å². The number of hydrogen-bond donors (Lipinski definition) is 1. The van der Waals surface area contributed by atoms with Crippen molar-refractivity contribution in [1.82, 2.24) is 4.98 Å². The molecule has 0 aliphatic rings. The molecule has 0 fully saturated rings. The molecule has 94 valence electrons. The third kappa shape index (κ3) is 3.06. The zero-order valence-corrected chi connectivity index (χ0v) is 11.4. The number of ether oxygens (including phenoxy) is 1. The number of pyridine rings is 1. The summed E-state index contributed by atoms with van der Waals surface area (Å²) >= 11 is 17.6. The van der Waals surface area contributed by atoms with Crippen molar-refractivity contribution in [3.8, 4) is 11.6 Å². The zero-order valence-electron chi connectivity index (χ0n) is 9.16. The van der Waals surface area contributed by atoms with Crippen LogP contribution in [0.4, 0.5) is 0 Å². The lowest BCUT2D eigenvalue weighted by Gasteiger charge is -2.07. The average molecular weight is 304 g/mol. The number of rotatable bonds is 3. The summed E-state index contributed by atoms with van der Waals surface area (Å²) in [6, 6.07) is 8.31. The lowest BCUT2D eigenvalue weighted by atomic mass is 10.3. The van der Waals surface area contributed by atoms with Crippen LogP contribution in [0.3, 0.4) is 0 Å². The Morgan fingerprint density at radius 3 is 2.39 bits per heavy atom. The molecule has 2 aromatic rings. The fourth-order valence-corrected chi connectivity index (χ4v) is 1.80. The summed E-state index contributed by atoms with van der Waals surface area (Å²) in [4.78, 5) is 4.18. The summed E-state index contributed by atoms with van der Waals surface area (Å²) < 4.78 is 5.54. The van der Waals surface area contributed by atoms with Gasteiger partial charge in [0, 0.05) is 18.7 Å². The normalized spacial score (nSPS) is 10.4. The van der Waals surface area contributed by atoms with Gasteiger partial charge in [-0.3, -0.25) is 0 Å². The van der Waals surface area contributed by atoms with Crippen LogP contribution in [0.15, 0.2) is 30.3 Å². The minimum Gasteiger partial charge on any atom is -0.439 e. The number of hydrogen-bond acceptors (Lipinski definition) is 3. The third-order valence-corrected chi connectivity index (χ3v) is 3.28. The second-order valence-corrected chi connectivity index (χ2v) is 4.68. The van der Waals surface area contributed by atoms with Crippen LogP contribution in [-0.4, -0.2) is 4.98 Å². The maximum absolute atomic E-state index is 5.91. The van der Waals surface area contributed by atoms with Crippen LogP contribution < -0.4 is 10.5 Å². The van der Waals surface area contributed by atoms with Crippen LogP contribution in [0.1, 0.15) is 5.69 Å². The number of benzene rings is 1. The lowest BCUT2D eigenvalue weighted by Crippen LogP contribution is -2.01. The molecule has 0 atom stereocenters. The summed E-state index contributed by atoms with van der Waals surface area (Å²) in [6.07, 6.45) is 0. The van der Waals surface area contributed by atoms with Gasteiger partial charge in [0.25, 0.3) is 0 Å². The molecule has 0 bridgehead atoms. The number of aromatic nitrogens is 1. The van der Waals surface area contributed by atoms with Crippen molar-refractivity contribution in [3.05, 3.63) is 51.1 Å². The Hall–Kier alpha value is -1.000. The van der Waals surface area contributed by atoms with Gasteiger partial charge in [-0.25, -0.2) is 4.98 Å². The first-order valence-electron chi connectivity index (χ1n) is 5.08. The van der Waals surface area contributed by atoms with E-state index in [1.807, 2.05) is 0 Å². The van der Waals surface area contributed by atoms with E-state index in [-0.39, 0.29) is 6.54 Å². The SMILES string of the molecule is NCc1nc(Oc2ccc(Cl)c(Cl)c2)ccc1Cl. The Morgan fingerprint density at radius 2 is 1.72 bits per heavy atom. The van der Waals surface area contributed by atoms with Crippen LogP contribution in [0.2, 0.25) is 15.1 Å². The van der Waals surface area contributed by atoms with E-state index in [2.05, 4.69) is 4.98 Å². The summed E-state index contributed by atoms with van der Waals surface area (Å²) in [5.41, 5.74) is 6.09. The third-order valence-electron chi connectivity index (χ3n) is 2.20. The Balaban J connectivity index is 2.25. The van der Waals surface area contributed by atoms with Gasteiger partial charge in [0.05, 0.1) is 20.8 Å². The van der Waals surface area contributed by atoms with E-state index in [1.54, 1.807) is 30.3 Å². The molecule has 0 amide bonds. The molecular formula is C12H9Cl3N2O. The second-order valence-electron chi connectivity index (χ2n) is 3.46. The Kier molecular flexibility index (Phi) is 4.30. The zero-order chi connectivity index (χ0) is 13.1. The molecule has 1 heterocycles. The topological polar surface area (TPSA) is 48.1 Å². The van der Waals surface area contributed by atoms with Gasteiger partial charge in [-0.2, -0.15) is 0 Å². The van der Waals surface area contributed by atoms with Crippen LogP contribution in [0.5, 0.6) is 11.6 Å². The number of halogens is 3. The first-order chi connectivity index (χ1) is 8.60. The maximum Gasteiger partial charge on any atom is 0.219 e. The van der Waals surface area contributed by atoms with Gasteiger partial charge >= 0.3 is 0 Å². The van der Waals surface area contributed by atoms with Crippen molar-refractivity contribution >= 4 is 34.8 Å². The largest absolute Gasteiger partial charge is 0.439 e. The monoisotopic (exact) mass is 302 g/mol. The maximum atomic E-state index is 5.91. The molecule has 0 aliphatic heterocycles. The van der Waals surface area contributed by atoms with Crippen molar-refractivity contribution in [2.45, 2.75) is 6.54 Å². The van der Waals surface area contributed by atoms with Crippen molar-refractivity contribution in [2.24, 2.45) is 5.73 Å². The molecule has 0 unspecified atom stereocenters. The van der Waals surface area contributed by atoms with Gasteiger partial charge in [-0.15, -0.1) is 0 Å². The molecule has 2 rings (SSSR count). The standard InChI is InChI=1S/C12H9Cl3N2O/c13-8-2-1-7(5-10(8)15)18-12-4-3-9(14)11(6-16)17-12/h1-5H,6,16H2. The van der Waals surface area contributed by atoms with Gasteiger partial charge < -0.3 is 10.5 Å². The number of nitrogens with two attached hydrogens (primary N) is 1. The molecule has 1 aromatic carbocycles. The van der Waals surface area contributed by atoms with Crippen LogP contribution in [0, 0.1) is 0 Å². The molecule has 3 nitrogen and oxygen atoms in total. The van der Waals surface area contributed by atoms with Gasteiger partial charge in [0.1, 0.15) is 5.75 Å². The van der Waals surface area contributed by atoms with E-state index in [9.17, 15) is 0 Å². The van der Waals surface area contributed by atoms with Gasteiger partial charge in [0.2, 0.25) is 5.88 Å². The van der Waals surface area contributed by atoms with Crippen LogP contribution in [0.25, 0.3) is 0 Å². The highest BCUT2D eigenvalue weighted by atomic mass is 35.5. The first kappa shape index (κ1) is 13.4. The minimum atomic E-state index is 0.247. The van der Waals surface area contributed by atoms with Crippen molar-refractivity contribution in [3.63, 3.8) is 0 Å². The van der Waals surface area contributed by atoms with E-state index in [0.29, 0.717) is 32.4 Å². The highest BCUT2D eigenvalue weighted by molar-refractivity contribution is 6.42. The van der Waals surface area contributed by atoms with Gasteiger partial charge in [-0.1, -0.05) is 34.8 Å². The quantitative estimate of drug-likeness (QED) is 0.920. The summed E-state index contributed by atoms with van der Waals surface area (Å²) in [6.45, 7) is 0.247. The molecule has 1 aromatic heterocycles. The molecule has 0 aliphatic carbocycles. The number of nitrogens with zero attached hydrogens (tertiary/aromatic N) is 1. The summed E-state index contributed by atoms with van der Waals surface area (Å²) in [5, 5.41) is 1.40. The van der Waals surface area contributed by atoms with Crippen LogP contribution >= 0.6 is 34.8 Å². The fourth-order valence-electron chi connectivity index (χ4n) is 1.33. The van der Waals surface area contributed by atoms with Crippen molar-refractivity contribution in [1.29, 1.82) is 0 Å². The molecule has 0 saturated carbocycles. The predicted octanol–water partition coefficient (Wildman–Crippen LogP) is 4.29. The minimum absolute atomic E-state index is 0.247. The second kappa shape index (κ2) is 5.76. The van der Waals surface area contributed by atoms with E-state index in [1.165, 1.54) is 0 Å². The van der Waals surface area contributed by atoms with E-state index in [0.717, 1.165) is 0 Å². The Morgan fingerprint density at radius 1 is 1.00 bits per heavy atom. The molecule has 0 saturated heterocycles. The fraction of sp³-hybridized carbons (Fsp3) is 0.0833. The van der Waals surface area contributed by atoms with Crippen LogP contribution in [-0.2, 0) is 6.54 Å². The van der Waals surface area contributed by atoms with Gasteiger partial charge in [-0.05, 0) is 18.2 Å². The molecule has 6 heteroatoms. The Bertz CT molecular complexity index is 575. The van der Waals surface area contributed by atoms with Crippen molar-refractivity contribution in [2.75, 3.05) is 0 Å². The average Bonchev–Trinajstić information content (AvgIpc) is 2.36. The van der Waals surface area contributed by atoms with Gasteiger partial charge in [0.15, 0.2) is 0 Å². The highest BCUT2D eigenvalue weighted by Crippen LogP contribution is 2.29. The smallest absolute Gasteiger partial charge is 0.219 e. The molecular weight excluding hydrogens is 295 g/mol. The molecule has 18 heavy (non-hydrogen) atoms. The lowest BCUT2D eigenvalue weighted by molar-refractivity contribution is 0.461. The summed E-state index contributed by atoms with van der Waals surface area (Å²) in [7, 11) is 0. The first-order valence-corrected chi connectivity index (χ1v) is 6.22. The molecule has 0 spiro atoms. The molecule has 2 N–H and O–H groups in total. The van der Waals surface area contributed by atoms with E-state index in [4.69, 9.17) is 45.3 Å². The van der Waals surface area contributed by atoms with E-state index >= 15 is 0 Å². The Labute approximate surface area is 119 Å². The molecule has 0 radical (unpaired) electrons. The van der Waals surface area contributed by atoms with Crippen molar-refractivity contribution < 1.29 is 4.74 Å².